The lowest BCUT2D eigenvalue weighted by Crippen LogP contribution is -2.39. The minimum atomic E-state index is -0.131. The number of carbonyl (C=O) groups excluding carboxylic acids is 1. The largest absolute Gasteiger partial charge is 0.490 e. The molecule has 1 atom stereocenters. The zero-order chi connectivity index (χ0) is 23.2. The normalized spacial score (nSPS) is 14.6. The lowest BCUT2D eigenvalue weighted by molar-refractivity contribution is 0.207. The molecule has 3 aromatic rings. The van der Waals surface area contributed by atoms with Crippen molar-refractivity contribution in [2.45, 2.75) is 46.1 Å². The van der Waals surface area contributed by atoms with Crippen LogP contribution in [0.3, 0.4) is 0 Å². The number of likely N-dealkylation sites (tertiary alicyclic amines) is 1. The molecule has 2 amide bonds. The van der Waals surface area contributed by atoms with E-state index in [2.05, 4.69) is 59.9 Å². The maximum atomic E-state index is 12.6. The molecule has 4 rings (SSSR count). The van der Waals surface area contributed by atoms with Crippen LogP contribution >= 0.6 is 0 Å². The molecule has 1 fully saturated rings. The van der Waals surface area contributed by atoms with Crippen molar-refractivity contribution in [3.05, 3.63) is 82.6 Å². The van der Waals surface area contributed by atoms with Crippen LogP contribution < -0.4 is 10.1 Å². The zero-order valence-electron chi connectivity index (χ0n) is 19.5. The minimum Gasteiger partial charge on any atom is -0.490 e. The Bertz CT molecular complexity index is 1110. The van der Waals surface area contributed by atoms with Crippen LogP contribution in [0.5, 0.6) is 5.75 Å². The van der Waals surface area contributed by atoms with Crippen molar-refractivity contribution in [3.8, 4) is 5.75 Å². The molecular weight excluding hydrogens is 414 g/mol. The van der Waals surface area contributed by atoms with Crippen LogP contribution in [0.4, 0.5) is 10.6 Å². The Morgan fingerprint density at radius 1 is 1.15 bits per heavy atom. The second-order valence-corrected chi connectivity index (χ2v) is 8.62. The number of carbonyl (C=O) groups is 1. The first-order chi connectivity index (χ1) is 16.0. The third kappa shape index (κ3) is 6.04. The van der Waals surface area contributed by atoms with Crippen molar-refractivity contribution in [2.24, 2.45) is 0 Å². The van der Waals surface area contributed by atoms with E-state index in [9.17, 15) is 4.79 Å². The Balaban J connectivity index is 1.31. The monoisotopic (exact) mass is 445 g/mol. The Labute approximate surface area is 195 Å². The number of piperidine rings is 1. The molecule has 1 aromatic heterocycles. The molecule has 2 heterocycles. The van der Waals surface area contributed by atoms with Gasteiger partial charge in [-0.25, -0.2) is 4.79 Å². The van der Waals surface area contributed by atoms with Gasteiger partial charge in [-0.3, -0.25) is 5.32 Å². The van der Waals surface area contributed by atoms with Gasteiger partial charge in [-0.2, -0.15) is 0 Å². The maximum absolute atomic E-state index is 12.6. The molecule has 0 spiro atoms. The summed E-state index contributed by atoms with van der Waals surface area (Å²) in [6, 6.07) is 18.5. The van der Waals surface area contributed by atoms with E-state index in [0.29, 0.717) is 18.9 Å². The Kier molecular flexibility index (Phi) is 7.13. The maximum Gasteiger partial charge on any atom is 0.323 e. The number of hydrogen-bond donors (Lipinski definition) is 1. The first-order valence-corrected chi connectivity index (χ1v) is 11.5. The quantitative estimate of drug-likeness (QED) is 0.504. The second-order valence-electron chi connectivity index (χ2n) is 8.62. The van der Waals surface area contributed by atoms with Gasteiger partial charge in [0.1, 0.15) is 11.5 Å². The van der Waals surface area contributed by atoms with E-state index in [1.165, 1.54) is 11.1 Å². The van der Waals surface area contributed by atoms with Crippen molar-refractivity contribution < 1.29 is 14.1 Å². The highest BCUT2D eigenvalue weighted by atomic mass is 16.5. The van der Waals surface area contributed by atoms with Crippen LogP contribution in [0, 0.1) is 13.8 Å². The lowest BCUT2D eigenvalue weighted by atomic mass is 10.0. The van der Waals surface area contributed by atoms with Gasteiger partial charge in [-0.15, -0.1) is 0 Å². The standard InChI is InChI=1S/C27H31N3O3/c1-19(16-22-8-5-4-6-9-22)32-25-11-7-10-24(18-25)17-23-12-14-30(15-13-23)27(31)28-26-20(2)21(3)33-29-26/h4-11,17-19H,12-16H2,1-3H3,(H,28,29,31). The molecule has 6 heteroatoms. The van der Waals surface area contributed by atoms with E-state index < -0.39 is 0 Å². The topological polar surface area (TPSA) is 67.6 Å². The number of anilines is 1. The summed E-state index contributed by atoms with van der Waals surface area (Å²) in [5.74, 6) is 2.09. The average Bonchev–Trinajstić information content (AvgIpc) is 3.12. The minimum absolute atomic E-state index is 0.0918. The molecule has 0 saturated carbocycles. The molecule has 33 heavy (non-hydrogen) atoms. The fourth-order valence-corrected chi connectivity index (χ4v) is 3.99. The summed E-state index contributed by atoms with van der Waals surface area (Å²) in [4.78, 5) is 14.4. The van der Waals surface area contributed by atoms with E-state index in [0.717, 1.165) is 41.9 Å². The molecule has 0 radical (unpaired) electrons. The molecule has 1 aliphatic heterocycles. The third-order valence-electron chi connectivity index (χ3n) is 6.01. The summed E-state index contributed by atoms with van der Waals surface area (Å²) in [5, 5.41) is 6.77. The highest BCUT2D eigenvalue weighted by Gasteiger charge is 2.21. The van der Waals surface area contributed by atoms with Crippen LogP contribution in [-0.4, -0.2) is 35.3 Å². The molecule has 1 aliphatic rings. The number of hydrogen-bond acceptors (Lipinski definition) is 4. The molecule has 1 saturated heterocycles. The summed E-state index contributed by atoms with van der Waals surface area (Å²) in [5.41, 5.74) is 4.59. The second kappa shape index (κ2) is 10.4. The smallest absolute Gasteiger partial charge is 0.323 e. The van der Waals surface area contributed by atoms with Gasteiger partial charge >= 0.3 is 6.03 Å². The van der Waals surface area contributed by atoms with Crippen LogP contribution in [-0.2, 0) is 6.42 Å². The lowest BCUT2D eigenvalue weighted by Gasteiger charge is -2.28. The highest BCUT2D eigenvalue weighted by molar-refractivity contribution is 5.89. The number of benzene rings is 2. The van der Waals surface area contributed by atoms with E-state index in [4.69, 9.17) is 9.26 Å². The van der Waals surface area contributed by atoms with Crippen LogP contribution in [0.15, 0.2) is 64.7 Å². The van der Waals surface area contributed by atoms with Gasteiger partial charge in [0, 0.05) is 25.1 Å². The summed E-state index contributed by atoms with van der Waals surface area (Å²) >= 11 is 0. The third-order valence-corrected chi connectivity index (χ3v) is 6.01. The first kappa shape index (κ1) is 22.6. The van der Waals surface area contributed by atoms with Gasteiger partial charge in [-0.05, 0) is 56.9 Å². The van der Waals surface area contributed by atoms with Gasteiger partial charge in [-0.1, -0.05) is 59.3 Å². The van der Waals surface area contributed by atoms with Crippen molar-refractivity contribution >= 4 is 17.9 Å². The van der Waals surface area contributed by atoms with Gasteiger partial charge in [0.15, 0.2) is 5.82 Å². The predicted octanol–water partition coefficient (Wildman–Crippen LogP) is 6.01. The van der Waals surface area contributed by atoms with Crippen LogP contribution in [0.25, 0.3) is 6.08 Å². The van der Waals surface area contributed by atoms with Crippen molar-refractivity contribution in [1.29, 1.82) is 0 Å². The molecule has 2 aromatic carbocycles. The molecule has 1 unspecified atom stereocenters. The van der Waals surface area contributed by atoms with Crippen molar-refractivity contribution in [3.63, 3.8) is 0 Å². The van der Waals surface area contributed by atoms with Gasteiger partial charge < -0.3 is 14.2 Å². The molecule has 6 nitrogen and oxygen atoms in total. The number of ether oxygens (including phenoxy) is 1. The number of nitrogens with zero attached hydrogens (tertiary/aromatic N) is 2. The molecule has 1 N–H and O–H groups in total. The molecule has 0 aliphatic carbocycles. The Morgan fingerprint density at radius 3 is 2.61 bits per heavy atom. The summed E-state index contributed by atoms with van der Waals surface area (Å²) in [6.45, 7) is 7.18. The number of rotatable bonds is 6. The zero-order valence-corrected chi connectivity index (χ0v) is 19.5. The predicted molar refractivity (Wildman–Crippen MR) is 130 cm³/mol. The van der Waals surface area contributed by atoms with Crippen molar-refractivity contribution in [1.82, 2.24) is 10.1 Å². The number of amides is 2. The summed E-state index contributed by atoms with van der Waals surface area (Å²) in [6.07, 6.45) is 4.88. The Hall–Kier alpha value is -3.54. The fourth-order valence-electron chi connectivity index (χ4n) is 3.99. The number of urea groups is 1. The van der Waals surface area contributed by atoms with E-state index in [-0.39, 0.29) is 12.1 Å². The molecule has 0 bridgehead atoms. The van der Waals surface area contributed by atoms with Gasteiger partial charge in [0.25, 0.3) is 0 Å². The number of aryl methyl sites for hydroxylation is 1. The highest BCUT2D eigenvalue weighted by Crippen LogP contribution is 2.24. The fraction of sp³-hybridized carbons (Fsp3) is 0.333. The first-order valence-electron chi connectivity index (χ1n) is 11.5. The SMILES string of the molecule is Cc1onc(NC(=O)N2CCC(=Cc3cccc(OC(C)Cc4ccccc4)c3)CC2)c1C. The summed E-state index contributed by atoms with van der Waals surface area (Å²) < 4.78 is 11.3. The Morgan fingerprint density at radius 2 is 1.91 bits per heavy atom. The van der Waals surface area contributed by atoms with Crippen LogP contribution in [0.1, 0.15) is 42.2 Å². The van der Waals surface area contributed by atoms with E-state index >= 15 is 0 Å². The van der Waals surface area contributed by atoms with Gasteiger partial charge in [0.2, 0.25) is 0 Å². The van der Waals surface area contributed by atoms with Gasteiger partial charge in [0.05, 0.1) is 6.10 Å². The van der Waals surface area contributed by atoms with E-state index in [1.54, 1.807) is 0 Å². The average molecular weight is 446 g/mol. The molecular formula is C27H31N3O3. The van der Waals surface area contributed by atoms with Crippen LogP contribution in [0.2, 0.25) is 0 Å². The van der Waals surface area contributed by atoms with Crippen molar-refractivity contribution in [2.75, 3.05) is 18.4 Å². The number of nitrogens with one attached hydrogen (secondary N) is 1. The summed E-state index contributed by atoms with van der Waals surface area (Å²) in [7, 11) is 0. The van der Waals surface area contributed by atoms with E-state index in [1.807, 2.05) is 36.9 Å². The number of aromatic nitrogens is 1. The molecule has 172 valence electrons.